The molecule has 0 radical (unpaired) electrons. The van der Waals surface area contributed by atoms with Gasteiger partial charge in [0.1, 0.15) is 5.75 Å². The minimum Gasteiger partial charge on any atom is -0.496 e. The van der Waals surface area contributed by atoms with E-state index in [-0.39, 0.29) is 0 Å². The summed E-state index contributed by atoms with van der Waals surface area (Å²) in [6, 6.07) is 14.8. The zero-order chi connectivity index (χ0) is 13.0. The summed E-state index contributed by atoms with van der Waals surface area (Å²) < 4.78 is 5.35. The Labute approximate surface area is 108 Å². The first-order valence-corrected chi connectivity index (χ1v) is 6.18. The van der Waals surface area contributed by atoms with Crippen LogP contribution < -0.4 is 10.5 Å². The van der Waals surface area contributed by atoms with Gasteiger partial charge in [-0.2, -0.15) is 0 Å². The molecule has 2 rings (SSSR count). The zero-order valence-electron chi connectivity index (χ0n) is 10.9. The third-order valence-corrected chi connectivity index (χ3v) is 3.08. The van der Waals surface area contributed by atoms with Crippen molar-refractivity contribution < 1.29 is 4.74 Å². The Hall–Kier alpha value is -1.80. The van der Waals surface area contributed by atoms with Gasteiger partial charge in [0.2, 0.25) is 0 Å². The largest absolute Gasteiger partial charge is 0.496 e. The molecule has 0 bridgehead atoms. The average Bonchev–Trinajstić information content (AvgIpc) is 2.40. The fourth-order valence-corrected chi connectivity index (χ4v) is 2.06. The van der Waals surface area contributed by atoms with E-state index in [1.54, 1.807) is 7.11 Å². The summed E-state index contributed by atoms with van der Waals surface area (Å²) in [5, 5.41) is 0. The van der Waals surface area contributed by atoms with E-state index in [0.29, 0.717) is 6.54 Å². The number of ether oxygens (including phenoxy) is 1. The minimum absolute atomic E-state index is 0.633. The molecule has 94 valence electrons. The molecule has 0 spiro atoms. The Morgan fingerprint density at radius 3 is 2.28 bits per heavy atom. The maximum Gasteiger partial charge on any atom is 0.122 e. The van der Waals surface area contributed by atoms with Crippen molar-refractivity contribution in [2.45, 2.75) is 13.3 Å². The standard InChI is InChI=1S/C16H19NO/c1-12-3-5-13(6-4-12)14-7-8-16(18-2)15(11-14)9-10-17/h3-8,11H,9-10,17H2,1-2H3. The van der Waals surface area contributed by atoms with E-state index in [0.717, 1.165) is 17.7 Å². The van der Waals surface area contributed by atoms with Gasteiger partial charge in [-0.1, -0.05) is 35.9 Å². The molecule has 0 saturated heterocycles. The van der Waals surface area contributed by atoms with Gasteiger partial charge < -0.3 is 10.5 Å². The molecule has 18 heavy (non-hydrogen) atoms. The lowest BCUT2D eigenvalue weighted by molar-refractivity contribution is 0.410. The van der Waals surface area contributed by atoms with E-state index in [1.165, 1.54) is 16.7 Å². The third kappa shape index (κ3) is 2.71. The van der Waals surface area contributed by atoms with Crippen LogP contribution >= 0.6 is 0 Å². The van der Waals surface area contributed by atoms with Crippen molar-refractivity contribution in [2.24, 2.45) is 5.73 Å². The predicted octanol–water partition coefficient (Wildman–Crippen LogP) is 3.17. The number of nitrogens with two attached hydrogens (primary N) is 1. The van der Waals surface area contributed by atoms with E-state index < -0.39 is 0 Å². The van der Waals surface area contributed by atoms with Gasteiger partial charge >= 0.3 is 0 Å². The molecule has 0 heterocycles. The molecule has 0 aliphatic rings. The highest BCUT2D eigenvalue weighted by Gasteiger charge is 2.05. The molecule has 0 saturated carbocycles. The summed E-state index contributed by atoms with van der Waals surface area (Å²) in [4.78, 5) is 0. The molecule has 0 aliphatic heterocycles. The fraction of sp³-hybridized carbons (Fsp3) is 0.250. The van der Waals surface area contributed by atoms with E-state index in [1.807, 2.05) is 6.07 Å². The van der Waals surface area contributed by atoms with Crippen LogP contribution in [0, 0.1) is 6.92 Å². The van der Waals surface area contributed by atoms with E-state index in [2.05, 4.69) is 43.3 Å². The van der Waals surface area contributed by atoms with Gasteiger partial charge in [0.15, 0.2) is 0 Å². The van der Waals surface area contributed by atoms with Crippen LogP contribution in [0.1, 0.15) is 11.1 Å². The minimum atomic E-state index is 0.633. The van der Waals surface area contributed by atoms with Gasteiger partial charge in [0.05, 0.1) is 7.11 Å². The summed E-state index contributed by atoms with van der Waals surface area (Å²) >= 11 is 0. The molecule has 0 amide bonds. The number of aryl methyl sites for hydroxylation is 1. The van der Waals surface area contributed by atoms with Crippen molar-refractivity contribution in [1.29, 1.82) is 0 Å². The van der Waals surface area contributed by atoms with Gasteiger partial charge in [-0.3, -0.25) is 0 Å². The van der Waals surface area contributed by atoms with Crippen LogP contribution in [0.15, 0.2) is 42.5 Å². The lowest BCUT2D eigenvalue weighted by atomic mass is 10.00. The Morgan fingerprint density at radius 2 is 1.67 bits per heavy atom. The molecule has 2 aromatic rings. The molecule has 0 aromatic heterocycles. The smallest absolute Gasteiger partial charge is 0.122 e. The molecule has 2 nitrogen and oxygen atoms in total. The maximum atomic E-state index is 5.64. The van der Waals surface area contributed by atoms with Crippen LogP contribution in [0.3, 0.4) is 0 Å². The summed E-state index contributed by atoms with van der Waals surface area (Å²) in [6.07, 6.45) is 0.836. The molecule has 0 atom stereocenters. The third-order valence-electron chi connectivity index (χ3n) is 3.08. The summed E-state index contributed by atoms with van der Waals surface area (Å²) in [6.45, 7) is 2.73. The van der Waals surface area contributed by atoms with Crippen molar-refractivity contribution in [3.63, 3.8) is 0 Å². The maximum absolute atomic E-state index is 5.64. The van der Waals surface area contributed by atoms with Crippen LogP contribution in [-0.2, 0) is 6.42 Å². The van der Waals surface area contributed by atoms with Crippen LogP contribution in [0.4, 0.5) is 0 Å². The molecule has 2 heteroatoms. The summed E-state index contributed by atoms with van der Waals surface area (Å²) in [5.41, 5.74) is 10.5. The summed E-state index contributed by atoms with van der Waals surface area (Å²) in [7, 11) is 1.70. The lowest BCUT2D eigenvalue weighted by Crippen LogP contribution is -2.04. The number of hydrogen-bond acceptors (Lipinski definition) is 2. The van der Waals surface area contributed by atoms with E-state index >= 15 is 0 Å². The van der Waals surface area contributed by atoms with Crippen LogP contribution in [-0.4, -0.2) is 13.7 Å². The van der Waals surface area contributed by atoms with Gasteiger partial charge in [0, 0.05) is 0 Å². The average molecular weight is 241 g/mol. The van der Waals surface area contributed by atoms with Crippen LogP contribution in [0.5, 0.6) is 5.75 Å². The van der Waals surface area contributed by atoms with E-state index in [4.69, 9.17) is 10.5 Å². The summed E-state index contributed by atoms with van der Waals surface area (Å²) in [5.74, 6) is 0.913. The number of benzene rings is 2. The second kappa shape index (κ2) is 5.69. The Balaban J connectivity index is 2.39. The highest BCUT2D eigenvalue weighted by Crippen LogP contribution is 2.27. The monoisotopic (exact) mass is 241 g/mol. The van der Waals surface area contributed by atoms with Gasteiger partial charge in [0.25, 0.3) is 0 Å². The predicted molar refractivity (Wildman–Crippen MR) is 75.9 cm³/mol. The normalized spacial score (nSPS) is 10.4. The van der Waals surface area contributed by atoms with Gasteiger partial charge in [-0.25, -0.2) is 0 Å². The van der Waals surface area contributed by atoms with E-state index in [9.17, 15) is 0 Å². The number of rotatable bonds is 4. The highest BCUT2D eigenvalue weighted by atomic mass is 16.5. The number of methoxy groups -OCH3 is 1. The second-order valence-corrected chi connectivity index (χ2v) is 4.43. The molecule has 0 unspecified atom stereocenters. The van der Waals surface area contributed by atoms with Crippen molar-refractivity contribution in [1.82, 2.24) is 0 Å². The second-order valence-electron chi connectivity index (χ2n) is 4.43. The Kier molecular flexibility index (Phi) is 4.00. The van der Waals surface area contributed by atoms with Crippen LogP contribution in [0.25, 0.3) is 11.1 Å². The van der Waals surface area contributed by atoms with Gasteiger partial charge in [-0.15, -0.1) is 0 Å². The molecular weight excluding hydrogens is 222 g/mol. The first-order chi connectivity index (χ1) is 8.74. The SMILES string of the molecule is COc1ccc(-c2ccc(C)cc2)cc1CCN. The first-order valence-electron chi connectivity index (χ1n) is 6.18. The molecule has 2 N–H and O–H groups in total. The van der Waals surface area contributed by atoms with Crippen molar-refractivity contribution in [3.8, 4) is 16.9 Å². The topological polar surface area (TPSA) is 35.2 Å². The zero-order valence-corrected chi connectivity index (χ0v) is 10.9. The fourth-order valence-electron chi connectivity index (χ4n) is 2.06. The van der Waals surface area contributed by atoms with Crippen molar-refractivity contribution in [2.75, 3.05) is 13.7 Å². The van der Waals surface area contributed by atoms with Crippen molar-refractivity contribution >= 4 is 0 Å². The Morgan fingerprint density at radius 1 is 1.00 bits per heavy atom. The first kappa shape index (κ1) is 12.7. The molecule has 0 aliphatic carbocycles. The van der Waals surface area contributed by atoms with Gasteiger partial charge in [-0.05, 0) is 48.7 Å². The number of hydrogen-bond donors (Lipinski definition) is 1. The van der Waals surface area contributed by atoms with Crippen LogP contribution in [0.2, 0.25) is 0 Å². The quantitative estimate of drug-likeness (QED) is 0.892. The highest BCUT2D eigenvalue weighted by molar-refractivity contribution is 5.66. The molecule has 0 fully saturated rings. The molecule has 2 aromatic carbocycles. The Bertz CT molecular complexity index is 517. The lowest BCUT2D eigenvalue weighted by Gasteiger charge is -2.10. The van der Waals surface area contributed by atoms with Crippen molar-refractivity contribution in [3.05, 3.63) is 53.6 Å². The molecular formula is C16H19NO.